The SMILES string of the molecule is CCC(C(N)=S)S(=O)(=O)NC1CCOC(CC)(CC)C1. The van der Waals surface area contributed by atoms with E-state index in [1.165, 1.54) is 0 Å². The molecule has 1 rings (SSSR count). The monoisotopic (exact) mass is 322 g/mol. The molecule has 5 nitrogen and oxygen atoms in total. The summed E-state index contributed by atoms with van der Waals surface area (Å²) in [6.45, 7) is 6.50. The first-order valence-electron chi connectivity index (χ1n) is 7.24. The van der Waals surface area contributed by atoms with Gasteiger partial charge in [-0.2, -0.15) is 0 Å². The lowest BCUT2D eigenvalue weighted by Crippen LogP contribution is -2.51. The molecule has 1 fully saturated rings. The van der Waals surface area contributed by atoms with Crippen LogP contribution in [0.2, 0.25) is 0 Å². The van der Waals surface area contributed by atoms with Crippen molar-refractivity contribution >= 4 is 27.2 Å². The van der Waals surface area contributed by atoms with E-state index < -0.39 is 15.3 Å². The van der Waals surface area contributed by atoms with Crippen molar-refractivity contribution in [3.63, 3.8) is 0 Å². The van der Waals surface area contributed by atoms with Gasteiger partial charge in [0, 0.05) is 12.6 Å². The fraction of sp³-hybridized carbons (Fsp3) is 0.923. The molecule has 1 aliphatic rings. The molecule has 7 heteroatoms. The van der Waals surface area contributed by atoms with E-state index in [9.17, 15) is 8.42 Å². The Kier molecular flexibility index (Phi) is 6.37. The second kappa shape index (κ2) is 7.15. The summed E-state index contributed by atoms with van der Waals surface area (Å²) in [4.78, 5) is 0.0318. The average molecular weight is 322 g/mol. The number of hydrogen-bond acceptors (Lipinski definition) is 4. The van der Waals surface area contributed by atoms with Crippen LogP contribution in [0.4, 0.5) is 0 Å². The topological polar surface area (TPSA) is 81.4 Å². The summed E-state index contributed by atoms with van der Waals surface area (Å²) in [5.41, 5.74) is 5.32. The smallest absolute Gasteiger partial charge is 0.221 e. The molecule has 1 aliphatic heterocycles. The lowest BCUT2D eigenvalue weighted by molar-refractivity contribution is -0.0905. The molecule has 0 aromatic rings. The van der Waals surface area contributed by atoms with Crippen molar-refractivity contribution in [1.29, 1.82) is 0 Å². The molecule has 0 amide bonds. The minimum Gasteiger partial charge on any atom is -0.392 e. The molecule has 0 radical (unpaired) electrons. The summed E-state index contributed by atoms with van der Waals surface area (Å²) in [6.07, 6.45) is 3.55. The Bertz CT molecular complexity index is 433. The maximum atomic E-state index is 12.3. The summed E-state index contributed by atoms with van der Waals surface area (Å²) in [6, 6.07) is -0.1000. The number of sulfonamides is 1. The molecule has 0 aliphatic carbocycles. The van der Waals surface area contributed by atoms with E-state index >= 15 is 0 Å². The quantitative estimate of drug-likeness (QED) is 0.697. The average Bonchev–Trinajstić information content (AvgIpc) is 2.38. The zero-order chi connectivity index (χ0) is 15.4. The molecule has 0 saturated carbocycles. The van der Waals surface area contributed by atoms with Gasteiger partial charge in [0.1, 0.15) is 5.25 Å². The highest BCUT2D eigenvalue weighted by molar-refractivity contribution is 7.93. The second-order valence-corrected chi connectivity index (χ2v) is 7.76. The van der Waals surface area contributed by atoms with Crippen LogP contribution in [0.5, 0.6) is 0 Å². The van der Waals surface area contributed by atoms with Crippen LogP contribution in [-0.4, -0.2) is 36.9 Å². The van der Waals surface area contributed by atoms with Gasteiger partial charge in [0.05, 0.1) is 10.6 Å². The van der Waals surface area contributed by atoms with Gasteiger partial charge < -0.3 is 10.5 Å². The number of rotatable bonds is 7. The highest BCUT2D eigenvalue weighted by Gasteiger charge is 2.37. The minimum atomic E-state index is -3.51. The fourth-order valence-corrected chi connectivity index (χ4v) is 4.88. The van der Waals surface area contributed by atoms with Crippen LogP contribution in [0.3, 0.4) is 0 Å². The van der Waals surface area contributed by atoms with Crippen molar-refractivity contribution in [1.82, 2.24) is 4.72 Å². The Morgan fingerprint density at radius 3 is 2.50 bits per heavy atom. The Balaban J connectivity index is 2.79. The third kappa shape index (κ3) is 4.13. The maximum Gasteiger partial charge on any atom is 0.221 e. The van der Waals surface area contributed by atoms with Crippen LogP contribution < -0.4 is 10.5 Å². The molecule has 20 heavy (non-hydrogen) atoms. The number of nitrogens with two attached hydrogens (primary N) is 1. The number of nitrogens with one attached hydrogen (secondary N) is 1. The second-order valence-electron chi connectivity index (χ2n) is 5.39. The van der Waals surface area contributed by atoms with E-state index in [0.29, 0.717) is 25.9 Å². The first-order chi connectivity index (χ1) is 9.30. The van der Waals surface area contributed by atoms with Crippen LogP contribution in [0.25, 0.3) is 0 Å². The molecule has 0 aromatic carbocycles. The fourth-order valence-electron chi connectivity index (χ4n) is 2.76. The van der Waals surface area contributed by atoms with Crippen molar-refractivity contribution in [2.75, 3.05) is 6.61 Å². The van der Waals surface area contributed by atoms with E-state index in [1.54, 1.807) is 6.92 Å². The van der Waals surface area contributed by atoms with Crippen LogP contribution in [0.15, 0.2) is 0 Å². The molecule has 2 unspecified atom stereocenters. The summed E-state index contributed by atoms with van der Waals surface area (Å²) < 4.78 is 33.3. The van der Waals surface area contributed by atoms with E-state index in [0.717, 1.165) is 12.8 Å². The predicted octanol–water partition coefficient (Wildman–Crippen LogP) is 1.71. The van der Waals surface area contributed by atoms with Gasteiger partial charge in [-0.25, -0.2) is 13.1 Å². The van der Waals surface area contributed by atoms with Gasteiger partial charge >= 0.3 is 0 Å². The molecule has 0 aromatic heterocycles. The standard InChI is InChI=1S/C13H26N2O3S2/c1-4-11(12(14)19)20(16,17)15-10-7-8-18-13(5-2,6-3)9-10/h10-11,15H,4-9H2,1-3H3,(H2,14,19). The van der Waals surface area contributed by atoms with E-state index in [1.807, 2.05) is 0 Å². The summed E-state index contributed by atoms with van der Waals surface area (Å²) in [5, 5.41) is -0.794. The van der Waals surface area contributed by atoms with Crippen molar-refractivity contribution in [2.24, 2.45) is 5.73 Å². The van der Waals surface area contributed by atoms with Gasteiger partial charge in [-0.05, 0) is 32.1 Å². The highest BCUT2D eigenvalue weighted by Crippen LogP contribution is 2.31. The lowest BCUT2D eigenvalue weighted by atomic mass is 9.86. The first-order valence-corrected chi connectivity index (χ1v) is 9.20. The van der Waals surface area contributed by atoms with Crippen molar-refractivity contribution < 1.29 is 13.2 Å². The van der Waals surface area contributed by atoms with Crippen molar-refractivity contribution in [3.8, 4) is 0 Å². The molecular weight excluding hydrogens is 296 g/mol. The number of thiocarbonyl (C=S) groups is 1. The maximum absolute atomic E-state index is 12.3. The van der Waals surface area contributed by atoms with Gasteiger partial charge in [0.25, 0.3) is 0 Å². The first kappa shape index (κ1) is 17.8. The molecule has 118 valence electrons. The van der Waals surface area contributed by atoms with Crippen LogP contribution in [0, 0.1) is 0 Å². The van der Waals surface area contributed by atoms with Gasteiger partial charge in [-0.1, -0.05) is 33.0 Å². The zero-order valence-electron chi connectivity index (χ0n) is 12.5. The molecular formula is C13H26N2O3S2. The Hall–Kier alpha value is -0.240. The lowest BCUT2D eigenvalue weighted by Gasteiger charge is -2.40. The number of hydrogen-bond donors (Lipinski definition) is 2. The third-order valence-corrected chi connectivity index (χ3v) is 6.61. The predicted molar refractivity (Wildman–Crippen MR) is 85.2 cm³/mol. The Morgan fingerprint density at radius 1 is 1.45 bits per heavy atom. The van der Waals surface area contributed by atoms with Crippen LogP contribution in [-0.2, 0) is 14.8 Å². The highest BCUT2D eigenvalue weighted by atomic mass is 32.2. The van der Waals surface area contributed by atoms with Crippen LogP contribution >= 0.6 is 12.2 Å². The summed E-state index contributed by atoms with van der Waals surface area (Å²) in [5.74, 6) is 0. The van der Waals surface area contributed by atoms with Gasteiger partial charge in [-0.3, -0.25) is 0 Å². The van der Waals surface area contributed by atoms with Gasteiger partial charge in [-0.15, -0.1) is 0 Å². The minimum absolute atomic E-state index is 0.0318. The molecule has 1 saturated heterocycles. The molecule has 2 atom stereocenters. The summed E-state index contributed by atoms with van der Waals surface area (Å²) in [7, 11) is -3.51. The normalized spacial score (nSPS) is 24.2. The van der Waals surface area contributed by atoms with Gasteiger partial charge in [0.15, 0.2) is 0 Å². The summed E-state index contributed by atoms with van der Waals surface area (Å²) >= 11 is 4.86. The molecule has 1 heterocycles. The van der Waals surface area contributed by atoms with E-state index in [2.05, 4.69) is 18.6 Å². The van der Waals surface area contributed by atoms with E-state index in [-0.39, 0.29) is 16.6 Å². The Labute approximate surface area is 127 Å². The number of ether oxygens (including phenoxy) is 1. The Morgan fingerprint density at radius 2 is 2.05 bits per heavy atom. The van der Waals surface area contributed by atoms with E-state index in [4.69, 9.17) is 22.7 Å². The van der Waals surface area contributed by atoms with Gasteiger partial charge in [0.2, 0.25) is 10.0 Å². The molecule has 3 N–H and O–H groups in total. The van der Waals surface area contributed by atoms with Crippen molar-refractivity contribution in [3.05, 3.63) is 0 Å². The molecule has 0 spiro atoms. The third-order valence-electron chi connectivity index (χ3n) is 4.18. The van der Waals surface area contributed by atoms with Crippen molar-refractivity contribution in [2.45, 2.75) is 69.8 Å². The largest absolute Gasteiger partial charge is 0.392 e. The molecule has 0 bridgehead atoms. The van der Waals surface area contributed by atoms with Crippen LogP contribution in [0.1, 0.15) is 52.9 Å². The zero-order valence-corrected chi connectivity index (χ0v) is 14.1.